The maximum Gasteiger partial charge on any atom is 0.345 e. The molecule has 158 valence electrons. The van der Waals surface area contributed by atoms with Crippen LogP contribution in [0.25, 0.3) is 0 Å². The number of nitrogens with one attached hydrogen (secondary N) is 1. The van der Waals surface area contributed by atoms with Crippen molar-refractivity contribution in [2.75, 3.05) is 39.2 Å². The van der Waals surface area contributed by atoms with E-state index in [1.54, 1.807) is 29.8 Å². The Bertz CT molecular complexity index is 883. The zero-order valence-corrected chi connectivity index (χ0v) is 17.3. The third kappa shape index (κ3) is 4.79. The Morgan fingerprint density at radius 2 is 2.03 bits per heavy atom. The van der Waals surface area contributed by atoms with Crippen LogP contribution >= 0.6 is 0 Å². The van der Waals surface area contributed by atoms with Crippen molar-refractivity contribution in [3.8, 4) is 5.75 Å². The highest BCUT2D eigenvalue weighted by Gasteiger charge is 2.28. The van der Waals surface area contributed by atoms with Crippen molar-refractivity contribution in [2.24, 2.45) is 0 Å². The molecule has 2 aromatic rings. The van der Waals surface area contributed by atoms with E-state index in [1.807, 2.05) is 25.1 Å². The van der Waals surface area contributed by atoms with Crippen LogP contribution in [-0.4, -0.2) is 59.2 Å². The van der Waals surface area contributed by atoms with Crippen molar-refractivity contribution in [2.45, 2.75) is 38.8 Å². The Labute approximate surface area is 170 Å². The molecule has 1 N–H and O–H groups in total. The second-order valence-corrected chi connectivity index (χ2v) is 7.02. The molecule has 0 bridgehead atoms. The first-order valence-corrected chi connectivity index (χ1v) is 9.93. The molecule has 9 heteroatoms. The van der Waals surface area contributed by atoms with Crippen LogP contribution in [0, 0.1) is 0 Å². The molecule has 1 aromatic carbocycles. The summed E-state index contributed by atoms with van der Waals surface area (Å²) >= 11 is 0. The molecular weight excluding hydrogens is 374 g/mol. The number of hydrogen-bond acceptors (Lipinski definition) is 5. The molecule has 0 saturated carbocycles. The van der Waals surface area contributed by atoms with Crippen molar-refractivity contribution in [1.29, 1.82) is 0 Å². The molecule has 2 amide bonds. The van der Waals surface area contributed by atoms with Gasteiger partial charge in [0, 0.05) is 44.4 Å². The molecule has 1 fully saturated rings. The molecule has 0 spiro atoms. The summed E-state index contributed by atoms with van der Waals surface area (Å²) in [4.78, 5) is 26.9. The van der Waals surface area contributed by atoms with E-state index >= 15 is 0 Å². The minimum Gasteiger partial charge on any atom is -0.497 e. The van der Waals surface area contributed by atoms with Gasteiger partial charge in [0.05, 0.1) is 20.3 Å². The topological polar surface area (TPSA) is 90.6 Å². The van der Waals surface area contributed by atoms with E-state index < -0.39 is 0 Å². The van der Waals surface area contributed by atoms with Gasteiger partial charge in [0.25, 0.3) is 0 Å². The van der Waals surface area contributed by atoms with E-state index in [4.69, 9.17) is 9.47 Å². The number of anilines is 1. The van der Waals surface area contributed by atoms with E-state index in [0.29, 0.717) is 44.2 Å². The van der Waals surface area contributed by atoms with Gasteiger partial charge in [-0.25, -0.2) is 14.3 Å². The number of amides is 2. The highest BCUT2D eigenvalue weighted by molar-refractivity contribution is 5.89. The van der Waals surface area contributed by atoms with Crippen molar-refractivity contribution < 1.29 is 14.3 Å². The maximum absolute atomic E-state index is 12.6. The van der Waals surface area contributed by atoms with Gasteiger partial charge in [-0.2, -0.15) is 5.10 Å². The largest absolute Gasteiger partial charge is 0.497 e. The third-order valence-corrected chi connectivity index (χ3v) is 5.24. The minimum absolute atomic E-state index is 0.0993. The lowest BCUT2D eigenvalue weighted by Gasteiger charge is -2.31. The number of rotatable bonds is 7. The lowest BCUT2D eigenvalue weighted by molar-refractivity contribution is 0.181. The third-order valence-electron chi connectivity index (χ3n) is 5.24. The zero-order valence-electron chi connectivity index (χ0n) is 17.3. The van der Waals surface area contributed by atoms with Gasteiger partial charge < -0.3 is 19.7 Å². The summed E-state index contributed by atoms with van der Waals surface area (Å²) in [6.07, 6.45) is 1.54. The molecule has 1 aromatic heterocycles. The second-order valence-electron chi connectivity index (χ2n) is 7.02. The Kier molecular flexibility index (Phi) is 6.92. The van der Waals surface area contributed by atoms with Crippen LogP contribution in [0.4, 0.5) is 10.5 Å². The molecule has 0 aliphatic carbocycles. The lowest BCUT2D eigenvalue weighted by Crippen LogP contribution is -2.41. The van der Waals surface area contributed by atoms with Gasteiger partial charge in [-0.1, -0.05) is 6.07 Å². The van der Waals surface area contributed by atoms with Gasteiger partial charge in [0.1, 0.15) is 11.6 Å². The first-order chi connectivity index (χ1) is 14.1. The van der Waals surface area contributed by atoms with E-state index in [9.17, 15) is 9.59 Å². The van der Waals surface area contributed by atoms with Gasteiger partial charge in [-0.3, -0.25) is 4.57 Å². The summed E-state index contributed by atoms with van der Waals surface area (Å²) in [5, 5.41) is 7.47. The molecule has 29 heavy (non-hydrogen) atoms. The molecular formula is C20H29N5O4. The summed E-state index contributed by atoms with van der Waals surface area (Å²) in [5.41, 5.74) is 0.603. The summed E-state index contributed by atoms with van der Waals surface area (Å²) in [7, 11) is 3.20. The van der Waals surface area contributed by atoms with Crippen LogP contribution in [0.1, 0.15) is 31.5 Å². The molecule has 0 radical (unpaired) electrons. The Morgan fingerprint density at radius 1 is 1.28 bits per heavy atom. The number of aromatic nitrogens is 3. The molecule has 1 aliphatic rings. The fraction of sp³-hybridized carbons (Fsp3) is 0.550. The van der Waals surface area contributed by atoms with Crippen molar-refractivity contribution >= 4 is 11.7 Å². The summed E-state index contributed by atoms with van der Waals surface area (Å²) in [6.45, 7) is 4.65. The SMILES string of the molecule is CCn1c(C2CCN(C(=O)Nc3cccc(OC)c3)CC2)nn(CCOC)c1=O. The van der Waals surface area contributed by atoms with Gasteiger partial charge in [0.15, 0.2) is 0 Å². The predicted molar refractivity (Wildman–Crippen MR) is 110 cm³/mol. The van der Waals surface area contributed by atoms with Crippen LogP contribution in [0.2, 0.25) is 0 Å². The first-order valence-electron chi connectivity index (χ1n) is 9.93. The van der Waals surface area contributed by atoms with Crippen molar-refractivity contribution in [3.05, 3.63) is 40.6 Å². The van der Waals surface area contributed by atoms with Crippen molar-refractivity contribution in [3.63, 3.8) is 0 Å². The minimum atomic E-state index is -0.129. The number of ether oxygens (including phenoxy) is 2. The zero-order chi connectivity index (χ0) is 20.8. The number of carbonyl (C=O) groups is 1. The molecule has 1 aliphatic heterocycles. The molecule has 9 nitrogen and oxygen atoms in total. The fourth-order valence-corrected chi connectivity index (χ4v) is 3.62. The Morgan fingerprint density at radius 3 is 2.69 bits per heavy atom. The molecule has 1 saturated heterocycles. The van der Waals surface area contributed by atoms with E-state index in [0.717, 1.165) is 18.7 Å². The van der Waals surface area contributed by atoms with Gasteiger partial charge in [0.2, 0.25) is 0 Å². The van der Waals surface area contributed by atoms with Crippen LogP contribution in [0.15, 0.2) is 29.1 Å². The van der Waals surface area contributed by atoms with Crippen molar-refractivity contribution in [1.82, 2.24) is 19.2 Å². The lowest BCUT2D eigenvalue weighted by atomic mass is 9.96. The van der Waals surface area contributed by atoms with Crippen LogP contribution in [-0.2, 0) is 17.8 Å². The van der Waals surface area contributed by atoms with Gasteiger partial charge in [-0.05, 0) is 31.9 Å². The quantitative estimate of drug-likeness (QED) is 0.765. The predicted octanol–water partition coefficient (Wildman–Crippen LogP) is 2.13. The molecule has 3 rings (SSSR count). The normalized spacial score (nSPS) is 14.8. The van der Waals surface area contributed by atoms with E-state index in [-0.39, 0.29) is 17.6 Å². The van der Waals surface area contributed by atoms with Gasteiger partial charge >= 0.3 is 11.7 Å². The Hall–Kier alpha value is -2.81. The number of carbonyl (C=O) groups excluding carboxylic acids is 1. The number of benzene rings is 1. The maximum atomic E-state index is 12.6. The number of urea groups is 1. The summed E-state index contributed by atoms with van der Waals surface area (Å²) in [5.74, 6) is 1.66. The smallest absolute Gasteiger partial charge is 0.345 e. The van der Waals surface area contributed by atoms with E-state index in [1.165, 1.54) is 4.68 Å². The number of hydrogen-bond donors (Lipinski definition) is 1. The highest BCUT2D eigenvalue weighted by atomic mass is 16.5. The highest BCUT2D eigenvalue weighted by Crippen LogP contribution is 2.27. The molecule has 2 heterocycles. The van der Waals surface area contributed by atoms with Crippen LogP contribution in [0.5, 0.6) is 5.75 Å². The van der Waals surface area contributed by atoms with E-state index in [2.05, 4.69) is 10.4 Å². The molecule has 0 atom stereocenters. The number of piperidine rings is 1. The monoisotopic (exact) mass is 403 g/mol. The van der Waals surface area contributed by atoms with Crippen LogP contribution in [0.3, 0.4) is 0 Å². The number of methoxy groups -OCH3 is 2. The summed E-state index contributed by atoms with van der Waals surface area (Å²) < 4.78 is 13.5. The average molecular weight is 403 g/mol. The standard InChI is InChI=1S/C20H29N5O4/c1-4-24-18(22-25(20(24)27)12-13-28-2)15-8-10-23(11-9-15)19(26)21-16-6-5-7-17(14-16)29-3/h5-7,14-15H,4,8-13H2,1-3H3,(H,21,26). The average Bonchev–Trinajstić information content (AvgIpc) is 3.07. The first kappa shape index (κ1) is 20.9. The van der Waals surface area contributed by atoms with Crippen LogP contribution < -0.4 is 15.7 Å². The number of nitrogens with zero attached hydrogens (tertiary/aromatic N) is 4. The number of likely N-dealkylation sites (tertiary alicyclic amines) is 1. The Balaban J connectivity index is 1.62. The molecule has 0 unspecified atom stereocenters. The summed E-state index contributed by atoms with van der Waals surface area (Å²) in [6, 6.07) is 7.16. The van der Waals surface area contributed by atoms with Gasteiger partial charge in [-0.15, -0.1) is 0 Å². The fourth-order valence-electron chi connectivity index (χ4n) is 3.62. The second kappa shape index (κ2) is 9.60.